The molecule has 0 aliphatic heterocycles. The topological polar surface area (TPSA) is 32.3 Å². The van der Waals surface area contributed by atoms with Crippen LogP contribution in [0, 0.1) is 0 Å². The Morgan fingerprint density at radius 1 is 1.27 bits per heavy atom. The van der Waals surface area contributed by atoms with Gasteiger partial charge in [-0.25, -0.2) is 0 Å². The van der Waals surface area contributed by atoms with E-state index in [0.717, 1.165) is 12.8 Å². The van der Waals surface area contributed by atoms with Crippen LogP contribution in [0.5, 0.6) is 0 Å². The second-order valence-corrected chi connectivity index (χ2v) is 4.05. The Balaban J connectivity index is 2.40. The highest BCUT2D eigenvalue weighted by Crippen LogP contribution is 2.05. The lowest BCUT2D eigenvalue weighted by atomic mass is 10.0. The molecular weight excluding hydrogens is 186 g/mol. The minimum Gasteiger partial charge on any atom is -0.392 e. The first-order chi connectivity index (χ1) is 7.22. The molecule has 2 N–H and O–H groups in total. The molecule has 1 rings (SSSR count). The molecule has 2 nitrogen and oxygen atoms in total. The van der Waals surface area contributed by atoms with Gasteiger partial charge in [-0.15, -0.1) is 0 Å². The molecule has 0 fully saturated rings. The number of aliphatic hydroxyl groups excluding tert-OH is 1. The van der Waals surface area contributed by atoms with E-state index in [4.69, 9.17) is 0 Å². The summed E-state index contributed by atoms with van der Waals surface area (Å²) in [5, 5.41) is 12.6. The highest BCUT2D eigenvalue weighted by Gasteiger charge is 2.07. The summed E-state index contributed by atoms with van der Waals surface area (Å²) in [6, 6.07) is 10.9. The first-order valence-corrected chi connectivity index (χ1v) is 5.67. The van der Waals surface area contributed by atoms with E-state index in [2.05, 4.69) is 36.5 Å². The largest absolute Gasteiger partial charge is 0.392 e. The quantitative estimate of drug-likeness (QED) is 0.747. The Morgan fingerprint density at radius 2 is 1.93 bits per heavy atom. The Hall–Kier alpha value is -0.860. The molecule has 2 heteroatoms. The van der Waals surface area contributed by atoms with Crippen LogP contribution in [0.3, 0.4) is 0 Å². The molecule has 0 bridgehead atoms. The number of aliphatic hydroxyl groups is 1. The minimum absolute atomic E-state index is 0.269. The van der Waals surface area contributed by atoms with Gasteiger partial charge >= 0.3 is 0 Å². The number of rotatable bonds is 6. The second-order valence-electron chi connectivity index (χ2n) is 4.05. The minimum atomic E-state index is -0.269. The van der Waals surface area contributed by atoms with Gasteiger partial charge in [0.15, 0.2) is 0 Å². The van der Waals surface area contributed by atoms with Crippen molar-refractivity contribution in [3.8, 4) is 0 Å². The third-order valence-electron chi connectivity index (χ3n) is 2.52. The number of hydrogen-bond donors (Lipinski definition) is 2. The summed E-state index contributed by atoms with van der Waals surface area (Å²) >= 11 is 0. The SMILES string of the molecule is CCC(Cc1ccccc1)NC[C@@H](C)O. The van der Waals surface area contributed by atoms with Crippen molar-refractivity contribution in [3.63, 3.8) is 0 Å². The van der Waals surface area contributed by atoms with Crippen molar-refractivity contribution in [2.75, 3.05) is 6.54 Å². The molecule has 84 valence electrons. The third kappa shape index (κ3) is 4.96. The maximum Gasteiger partial charge on any atom is 0.0636 e. The first kappa shape index (κ1) is 12.2. The summed E-state index contributed by atoms with van der Waals surface area (Å²) in [5.41, 5.74) is 1.35. The van der Waals surface area contributed by atoms with Crippen LogP contribution < -0.4 is 5.32 Å². The van der Waals surface area contributed by atoms with E-state index in [1.807, 2.05) is 13.0 Å². The van der Waals surface area contributed by atoms with Crippen LogP contribution in [0.15, 0.2) is 30.3 Å². The Bertz CT molecular complexity index is 258. The van der Waals surface area contributed by atoms with Gasteiger partial charge in [-0.05, 0) is 25.3 Å². The van der Waals surface area contributed by atoms with Crippen LogP contribution in [0.2, 0.25) is 0 Å². The highest BCUT2D eigenvalue weighted by molar-refractivity contribution is 5.15. The standard InChI is InChI=1S/C13H21NO/c1-3-13(14-10-11(2)15)9-12-7-5-4-6-8-12/h4-8,11,13-15H,3,9-10H2,1-2H3/t11-,13?/m1/s1. The van der Waals surface area contributed by atoms with Crippen LogP contribution in [0.1, 0.15) is 25.8 Å². The van der Waals surface area contributed by atoms with E-state index < -0.39 is 0 Å². The van der Waals surface area contributed by atoms with Gasteiger partial charge in [-0.3, -0.25) is 0 Å². The zero-order chi connectivity index (χ0) is 11.1. The maximum absolute atomic E-state index is 9.20. The number of nitrogens with one attached hydrogen (secondary N) is 1. The summed E-state index contributed by atoms with van der Waals surface area (Å²) in [6.07, 6.45) is 1.85. The molecule has 0 aromatic heterocycles. The van der Waals surface area contributed by atoms with Gasteiger partial charge in [0.2, 0.25) is 0 Å². The molecule has 0 saturated carbocycles. The van der Waals surface area contributed by atoms with Crippen LogP contribution in [0.25, 0.3) is 0 Å². The predicted octanol–water partition coefficient (Wildman–Crippen LogP) is 1.98. The van der Waals surface area contributed by atoms with E-state index >= 15 is 0 Å². The molecule has 15 heavy (non-hydrogen) atoms. The summed E-state index contributed by atoms with van der Waals surface area (Å²) in [7, 11) is 0. The summed E-state index contributed by atoms with van der Waals surface area (Å²) in [4.78, 5) is 0. The van der Waals surface area contributed by atoms with Crippen molar-refractivity contribution in [2.45, 2.75) is 38.8 Å². The Kier molecular flexibility index (Phi) is 5.37. The summed E-state index contributed by atoms with van der Waals surface area (Å²) in [6.45, 7) is 4.65. The molecule has 0 aliphatic carbocycles. The fourth-order valence-electron chi connectivity index (χ4n) is 1.60. The average Bonchev–Trinajstić information content (AvgIpc) is 2.25. The molecule has 1 aromatic rings. The maximum atomic E-state index is 9.20. The van der Waals surface area contributed by atoms with Crippen molar-refractivity contribution in [3.05, 3.63) is 35.9 Å². The normalized spacial score (nSPS) is 14.9. The molecule has 2 atom stereocenters. The zero-order valence-corrected chi connectivity index (χ0v) is 9.61. The van der Waals surface area contributed by atoms with Crippen molar-refractivity contribution < 1.29 is 5.11 Å². The van der Waals surface area contributed by atoms with E-state index in [1.165, 1.54) is 5.56 Å². The van der Waals surface area contributed by atoms with Crippen molar-refractivity contribution >= 4 is 0 Å². The second kappa shape index (κ2) is 6.59. The lowest BCUT2D eigenvalue weighted by Gasteiger charge is -2.18. The Labute approximate surface area is 92.3 Å². The van der Waals surface area contributed by atoms with Gasteiger partial charge in [0, 0.05) is 12.6 Å². The zero-order valence-electron chi connectivity index (χ0n) is 9.61. The molecule has 1 unspecified atom stereocenters. The summed E-state index contributed by atoms with van der Waals surface area (Å²) < 4.78 is 0. The van der Waals surface area contributed by atoms with Crippen molar-refractivity contribution in [1.29, 1.82) is 0 Å². The van der Waals surface area contributed by atoms with E-state index in [0.29, 0.717) is 12.6 Å². The smallest absolute Gasteiger partial charge is 0.0636 e. The first-order valence-electron chi connectivity index (χ1n) is 5.67. The molecular formula is C13H21NO. The number of benzene rings is 1. The fourth-order valence-corrected chi connectivity index (χ4v) is 1.60. The highest BCUT2D eigenvalue weighted by atomic mass is 16.3. The van der Waals surface area contributed by atoms with Gasteiger partial charge < -0.3 is 10.4 Å². The lowest BCUT2D eigenvalue weighted by Crippen LogP contribution is -2.35. The number of hydrogen-bond acceptors (Lipinski definition) is 2. The van der Waals surface area contributed by atoms with Gasteiger partial charge in [-0.1, -0.05) is 37.3 Å². The van der Waals surface area contributed by atoms with Crippen LogP contribution in [-0.4, -0.2) is 23.8 Å². The lowest BCUT2D eigenvalue weighted by molar-refractivity contribution is 0.185. The third-order valence-corrected chi connectivity index (χ3v) is 2.52. The fraction of sp³-hybridized carbons (Fsp3) is 0.538. The van der Waals surface area contributed by atoms with Gasteiger partial charge in [0.1, 0.15) is 0 Å². The monoisotopic (exact) mass is 207 g/mol. The van der Waals surface area contributed by atoms with Crippen molar-refractivity contribution in [1.82, 2.24) is 5.32 Å². The van der Waals surface area contributed by atoms with E-state index in [9.17, 15) is 5.11 Å². The van der Waals surface area contributed by atoms with Crippen LogP contribution >= 0.6 is 0 Å². The molecule has 0 aliphatic rings. The summed E-state index contributed by atoms with van der Waals surface area (Å²) in [5.74, 6) is 0. The van der Waals surface area contributed by atoms with Crippen molar-refractivity contribution in [2.24, 2.45) is 0 Å². The molecule has 0 amide bonds. The molecule has 0 saturated heterocycles. The molecule has 0 heterocycles. The van der Waals surface area contributed by atoms with E-state index in [-0.39, 0.29) is 6.10 Å². The predicted molar refractivity (Wildman–Crippen MR) is 63.9 cm³/mol. The van der Waals surface area contributed by atoms with Crippen LogP contribution in [-0.2, 0) is 6.42 Å². The van der Waals surface area contributed by atoms with Gasteiger partial charge in [0.05, 0.1) is 6.10 Å². The molecule has 0 radical (unpaired) electrons. The molecule has 0 spiro atoms. The Morgan fingerprint density at radius 3 is 2.47 bits per heavy atom. The van der Waals surface area contributed by atoms with Gasteiger partial charge in [0.25, 0.3) is 0 Å². The average molecular weight is 207 g/mol. The van der Waals surface area contributed by atoms with Crippen LogP contribution in [0.4, 0.5) is 0 Å². The van der Waals surface area contributed by atoms with Gasteiger partial charge in [-0.2, -0.15) is 0 Å². The molecule has 1 aromatic carbocycles. The van der Waals surface area contributed by atoms with E-state index in [1.54, 1.807) is 0 Å².